The van der Waals surface area contributed by atoms with Gasteiger partial charge in [0.05, 0.1) is 4.92 Å². The first-order valence-corrected chi connectivity index (χ1v) is 10.9. The molecule has 11 heteroatoms. The van der Waals surface area contributed by atoms with E-state index in [1.54, 1.807) is 6.07 Å². The van der Waals surface area contributed by atoms with Gasteiger partial charge in [-0.05, 0) is 24.7 Å². The highest BCUT2D eigenvalue weighted by Crippen LogP contribution is 2.29. The fraction of sp³-hybridized carbons (Fsp3) is 0.556. The summed E-state index contributed by atoms with van der Waals surface area (Å²) in [6, 6.07) is 5.78. The molecule has 162 valence electrons. The summed E-state index contributed by atoms with van der Waals surface area (Å²) in [5.74, 6) is -0.262. The van der Waals surface area contributed by atoms with Crippen molar-refractivity contribution in [3.63, 3.8) is 0 Å². The van der Waals surface area contributed by atoms with Crippen LogP contribution in [0.25, 0.3) is 0 Å². The average molecular weight is 484 g/mol. The summed E-state index contributed by atoms with van der Waals surface area (Å²) in [6.07, 6.45) is 5.57. The minimum Gasteiger partial charge on any atom is -0.339 e. The number of anilines is 1. The predicted octanol–water partition coefficient (Wildman–Crippen LogP) is 5.44. The number of carbonyl (C=O) groups is 1. The van der Waals surface area contributed by atoms with E-state index < -0.39 is 14.9 Å². The van der Waals surface area contributed by atoms with Crippen LogP contribution < -0.4 is 16.0 Å². The van der Waals surface area contributed by atoms with Crippen molar-refractivity contribution in [1.82, 2.24) is 10.6 Å². The van der Waals surface area contributed by atoms with Gasteiger partial charge >= 0.3 is 0 Å². The highest BCUT2D eigenvalue weighted by molar-refractivity contribution is 7.80. The van der Waals surface area contributed by atoms with Crippen molar-refractivity contribution in [2.75, 3.05) is 5.32 Å². The van der Waals surface area contributed by atoms with Gasteiger partial charge in [0, 0.05) is 24.2 Å². The number of unbranched alkanes of at least 4 members (excludes halogenated alkanes) is 5. The molecular weight excluding hydrogens is 459 g/mol. The Hall–Kier alpha value is -1.35. The topological polar surface area (TPSA) is 96.3 Å². The lowest BCUT2D eigenvalue weighted by atomic mass is 10.1. The third-order valence-electron chi connectivity index (χ3n) is 3.98. The highest BCUT2D eigenvalue weighted by atomic mass is 35.6. The summed E-state index contributed by atoms with van der Waals surface area (Å²) in [5, 5.41) is 19.0. The third kappa shape index (κ3) is 10.8. The zero-order chi connectivity index (χ0) is 21.9. The molecule has 1 rings (SSSR count). The second-order valence-corrected chi connectivity index (χ2v) is 9.24. The van der Waals surface area contributed by atoms with Crippen LogP contribution in [-0.4, -0.2) is 25.9 Å². The molecule has 0 spiro atoms. The van der Waals surface area contributed by atoms with E-state index >= 15 is 0 Å². The summed E-state index contributed by atoms with van der Waals surface area (Å²) >= 11 is 23.0. The number of nitro benzene ring substituents is 1. The molecule has 0 aliphatic rings. The number of benzene rings is 1. The molecule has 0 saturated carbocycles. The number of hydrogen-bond acceptors (Lipinski definition) is 4. The van der Waals surface area contributed by atoms with E-state index in [-0.39, 0.29) is 16.7 Å². The molecule has 0 heterocycles. The van der Waals surface area contributed by atoms with Crippen molar-refractivity contribution in [1.29, 1.82) is 0 Å². The van der Waals surface area contributed by atoms with E-state index in [0.717, 1.165) is 25.7 Å². The van der Waals surface area contributed by atoms with Crippen molar-refractivity contribution in [3.05, 3.63) is 34.4 Å². The first kappa shape index (κ1) is 25.7. The van der Waals surface area contributed by atoms with Crippen molar-refractivity contribution >= 4 is 69.4 Å². The quantitative estimate of drug-likeness (QED) is 0.0968. The monoisotopic (exact) mass is 482 g/mol. The maximum Gasteiger partial charge on any atom is 0.271 e. The van der Waals surface area contributed by atoms with Crippen LogP contribution in [0.1, 0.15) is 51.9 Å². The maximum atomic E-state index is 12.2. The van der Waals surface area contributed by atoms with Gasteiger partial charge in [-0.1, -0.05) is 79.9 Å². The predicted molar refractivity (Wildman–Crippen MR) is 123 cm³/mol. The molecule has 1 unspecified atom stereocenters. The molecule has 0 saturated heterocycles. The SMILES string of the molecule is CCCCCCCCC(=O)NC(NC(=S)Nc1cccc([N+](=O)[O-])c1)C(Cl)(Cl)Cl. The summed E-state index contributed by atoms with van der Waals surface area (Å²) in [4.78, 5) is 22.5. The zero-order valence-corrected chi connectivity index (χ0v) is 19.1. The van der Waals surface area contributed by atoms with Crippen LogP contribution in [0.15, 0.2) is 24.3 Å². The summed E-state index contributed by atoms with van der Waals surface area (Å²) < 4.78 is -1.86. The lowest BCUT2D eigenvalue weighted by Crippen LogP contribution is -2.56. The highest BCUT2D eigenvalue weighted by Gasteiger charge is 2.34. The summed E-state index contributed by atoms with van der Waals surface area (Å²) in [7, 11) is 0. The van der Waals surface area contributed by atoms with Crippen LogP contribution in [0, 0.1) is 10.1 Å². The number of nitro groups is 1. The Labute approximate surface area is 191 Å². The Morgan fingerprint density at radius 2 is 1.83 bits per heavy atom. The largest absolute Gasteiger partial charge is 0.339 e. The van der Waals surface area contributed by atoms with E-state index in [4.69, 9.17) is 47.0 Å². The lowest BCUT2D eigenvalue weighted by Gasteiger charge is -2.27. The average Bonchev–Trinajstić information content (AvgIpc) is 2.63. The van der Waals surface area contributed by atoms with Crippen LogP contribution in [0.3, 0.4) is 0 Å². The van der Waals surface area contributed by atoms with E-state index in [1.807, 2.05) is 0 Å². The minimum atomic E-state index is -1.86. The molecule has 0 bridgehead atoms. The van der Waals surface area contributed by atoms with Crippen molar-refractivity contribution in [2.45, 2.75) is 61.8 Å². The summed E-state index contributed by atoms with van der Waals surface area (Å²) in [6.45, 7) is 2.15. The second-order valence-electron chi connectivity index (χ2n) is 6.47. The van der Waals surface area contributed by atoms with E-state index in [9.17, 15) is 14.9 Å². The Morgan fingerprint density at radius 1 is 1.17 bits per heavy atom. The number of carbonyl (C=O) groups excluding carboxylic acids is 1. The molecule has 0 aliphatic carbocycles. The van der Waals surface area contributed by atoms with E-state index in [2.05, 4.69) is 22.9 Å². The molecule has 0 fully saturated rings. The number of hydrogen-bond donors (Lipinski definition) is 3. The van der Waals surface area contributed by atoms with Gasteiger partial charge in [0.1, 0.15) is 6.17 Å². The standard InChI is InChI=1S/C18H25Cl3N4O3S/c1-2-3-4-5-6-7-11-15(26)23-16(18(19,20)21)24-17(29)22-13-9-8-10-14(12-13)25(27)28/h8-10,12,16H,2-7,11H2,1H3,(H,23,26)(H2,22,24,29). The first-order valence-electron chi connectivity index (χ1n) is 9.31. The number of non-ortho nitro benzene ring substituents is 1. The van der Waals surface area contributed by atoms with Crippen LogP contribution in [-0.2, 0) is 4.79 Å². The normalized spacial score (nSPS) is 12.1. The molecule has 3 N–H and O–H groups in total. The fourth-order valence-corrected chi connectivity index (χ4v) is 3.06. The molecule has 1 amide bonds. The van der Waals surface area contributed by atoms with Gasteiger partial charge < -0.3 is 16.0 Å². The van der Waals surface area contributed by atoms with Crippen molar-refractivity contribution in [3.8, 4) is 0 Å². The van der Waals surface area contributed by atoms with Crippen LogP contribution in [0.2, 0.25) is 0 Å². The minimum absolute atomic E-state index is 0.0432. The summed E-state index contributed by atoms with van der Waals surface area (Å²) in [5.41, 5.74) is 0.293. The third-order valence-corrected chi connectivity index (χ3v) is 4.85. The Morgan fingerprint density at radius 3 is 2.45 bits per heavy atom. The Balaban J connectivity index is 2.56. The van der Waals surface area contributed by atoms with Gasteiger partial charge in [-0.2, -0.15) is 0 Å². The molecule has 1 atom stereocenters. The van der Waals surface area contributed by atoms with Crippen molar-refractivity contribution < 1.29 is 9.72 Å². The molecule has 7 nitrogen and oxygen atoms in total. The molecular formula is C18H25Cl3N4O3S. The number of amides is 1. The van der Waals surface area contributed by atoms with Crippen LogP contribution in [0.5, 0.6) is 0 Å². The number of rotatable bonds is 11. The van der Waals surface area contributed by atoms with Gasteiger partial charge in [-0.3, -0.25) is 14.9 Å². The van der Waals surface area contributed by atoms with Gasteiger partial charge in [0.2, 0.25) is 9.70 Å². The molecule has 0 aliphatic heterocycles. The van der Waals surface area contributed by atoms with Crippen LogP contribution in [0.4, 0.5) is 11.4 Å². The smallest absolute Gasteiger partial charge is 0.271 e. The van der Waals surface area contributed by atoms with Crippen LogP contribution >= 0.6 is 47.0 Å². The number of nitrogens with one attached hydrogen (secondary N) is 3. The van der Waals surface area contributed by atoms with Gasteiger partial charge in [-0.25, -0.2) is 0 Å². The fourth-order valence-electron chi connectivity index (χ4n) is 2.49. The second kappa shape index (κ2) is 13.1. The van der Waals surface area contributed by atoms with Crippen molar-refractivity contribution in [2.24, 2.45) is 0 Å². The number of nitrogens with zero attached hydrogens (tertiary/aromatic N) is 1. The Kier molecular flexibility index (Phi) is 11.6. The molecule has 0 aromatic heterocycles. The number of alkyl halides is 3. The molecule has 29 heavy (non-hydrogen) atoms. The molecule has 0 radical (unpaired) electrons. The molecule has 1 aromatic carbocycles. The number of thiocarbonyl (C=S) groups is 1. The lowest BCUT2D eigenvalue weighted by molar-refractivity contribution is -0.384. The number of halogens is 3. The zero-order valence-electron chi connectivity index (χ0n) is 16.1. The Bertz CT molecular complexity index is 701. The van der Waals surface area contributed by atoms with E-state index in [0.29, 0.717) is 12.1 Å². The van der Waals surface area contributed by atoms with E-state index in [1.165, 1.54) is 31.0 Å². The maximum absolute atomic E-state index is 12.2. The van der Waals surface area contributed by atoms with Gasteiger partial charge in [-0.15, -0.1) is 0 Å². The van der Waals surface area contributed by atoms with Gasteiger partial charge in [0.15, 0.2) is 5.11 Å². The first-order chi connectivity index (χ1) is 13.6. The molecule has 1 aromatic rings. The van der Waals surface area contributed by atoms with Gasteiger partial charge in [0.25, 0.3) is 5.69 Å².